The molecule has 0 amide bonds. The highest BCUT2D eigenvalue weighted by Gasteiger charge is 2.28. The molecular weight excluding hydrogens is 190 g/mol. The fourth-order valence-electron chi connectivity index (χ4n) is 0.626. The molecule has 0 aromatic carbocycles. The van der Waals surface area contributed by atoms with Crippen LogP contribution in [0.1, 0.15) is 0 Å². The van der Waals surface area contributed by atoms with Gasteiger partial charge in [0.25, 0.3) is 0 Å². The first-order valence-electron chi connectivity index (χ1n) is 3.29. The van der Waals surface area contributed by atoms with Crippen molar-refractivity contribution in [1.82, 2.24) is 4.98 Å². The van der Waals surface area contributed by atoms with Gasteiger partial charge in [0, 0.05) is 6.07 Å². The van der Waals surface area contributed by atoms with Crippen molar-refractivity contribution < 1.29 is 22.3 Å². The lowest BCUT2D eigenvalue weighted by Crippen LogP contribution is -2.19. The summed E-state index contributed by atoms with van der Waals surface area (Å²) in [6, 6.07) is 3.38. The smallest absolute Gasteiger partial charge is 0.422 e. The quantitative estimate of drug-likeness (QED) is 0.532. The number of hydrogen-bond donors (Lipinski definition) is 0. The molecule has 6 heteroatoms. The Balaban J connectivity index is 2.55. The second kappa shape index (κ2) is 3.59. The molecule has 0 fully saturated rings. The molecule has 1 aromatic heterocycles. The van der Waals surface area contributed by atoms with Crippen LogP contribution in [0.4, 0.5) is 17.6 Å². The van der Waals surface area contributed by atoms with Gasteiger partial charge >= 0.3 is 6.18 Å². The molecule has 0 aliphatic rings. The topological polar surface area (TPSA) is 22.1 Å². The van der Waals surface area contributed by atoms with Crippen molar-refractivity contribution in [2.45, 2.75) is 6.18 Å². The van der Waals surface area contributed by atoms with Gasteiger partial charge in [-0.15, -0.1) is 0 Å². The molecule has 0 aliphatic carbocycles. The van der Waals surface area contributed by atoms with Crippen LogP contribution in [0.2, 0.25) is 0 Å². The van der Waals surface area contributed by atoms with E-state index in [9.17, 15) is 17.6 Å². The summed E-state index contributed by atoms with van der Waals surface area (Å²) < 4.78 is 51.3. The lowest BCUT2D eigenvalue weighted by Gasteiger charge is -2.07. The summed E-state index contributed by atoms with van der Waals surface area (Å²) in [5.41, 5.74) is 0. The Morgan fingerprint density at radius 1 is 1.31 bits per heavy atom. The van der Waals surface area contributed by atoms with E-state index in [2.05, 4.69) is 9.72 Å². The van der Waals surface area contributed by atoms with Gasteiger partial charge in [-0.1, -0.05) is 6.07 Å². The van der Waals surface area contributed by atoms with Crippen LogP contribution in [-0.4, -0.2) is 17.8 Å². The van der Waals surface area contributed by atoms with Crippen LogP contribution in [0.25, 0.3) is 0 Å². The van der Waals surface area contributed by atoms with Crippen molar-refractivity contribution in [1.29, 1.82) is 0 Å². The highest BCUT2D eigenvalue weighted by atomic mass is 19.4. The zero-order valence-corrected chi connectivity index (χ0v) is 6.31. The van der Waals surface area contributed by atoms with Gasteiger partial charge in [0.1, 0.15) is 0 Å². The van der Waals surface area contributed by atoms with E-state index in [-0.39, 0.29) is 5.88 Å². The standard InChI is InChI=1S/C7H5F4NO/c8-5-2-1-3-6(12-5)13-4-7(9,10)11/h1-3H,4H2. The third-order valence-corrected chi connectivity index (χ3v) is 1.07. The molecule has 13 heavy (non-hydrogen) atoms. The Morgan fingerprint density at radius 2 is 2.00 bits per heavy atom. The molecule has 0 saturated carbocycles. The van der Waals surface area contributed by atoms with Crippen LogP contribution in [-0.2, 0) is 0 Å². The third kappa shape index (κ3) is 3.73. The fourth-order valence-corrected chi connectivity index (χ4v) is 0.626. The Kier molecular flexibility index (Phi) is 2.69. The molecular formula is C7H5F4NO. The van der Waals surface area contributed by atoms with Crippen LogP contribution in [0.3, 0.4) is 0 Å². The van der Waals surface area contributed by atoms with Gasteiger partial charge in [0.05, 0.1) is 0 Å². The predicted octanol–water partition coefficient (Wildman–Crippen LogP) is 2.16. The van der Waals surface area contributed by atoms with E-state index in [4.69, 9.17) is 0 Å². The Labute approximate surface area is 71.2 Å². The Bertz CT molecular complexity index is 286. The number of nitrogens with zero attached hydrogens (tertiary/aromatic N) is 1. The Hall–Kier alpha value is -1.33. The molecule has 72 valence electrons. The number of aromatic nitrogens is 1. The van der Waals surface area contributed by atoms with Gasteiger partial charge in [-0.05, 0) is 6.07 Å². The van der Waals surface area contributed by atoms with Crippen molar-refractivity contribution in [2.75, 3.05) is 6.61 Å². The summed E-state index contributed by atoms with van der Waals surface area (Å²) >= 11 is 0. The zero-order chi connectivity index (χ0) is 9.90. The summed E-state index contributed by atoms with van der Waals surface area (Å²) in [6.07, 6.45) is -4.44. The Morgan fingerprint density at radius 3 is 2.54 bits per heavy atom. The number of halogens is 4. The van der Waals surface area contributed by atoms with Crippen molar-refractivity contribution in [2.24, 2.45) is 0 Å². The molecule has 0 N–H and O–H groups in total. The van der Waals surface area contributed by atoms with Crippen molar-refractivity contribution >= 4 is 0 Å². The van der Waals surface area contributed by atoms with Crippen LogP contribution in [0.15, 0.2) is 18.2 Å². The second-order valence-corrected chi connectivity index (χ2v) is 2.20. The molecule has 0 radical (unpaired) electrons. The third-order valence-electron chi connectivity index (χ3n) is 1.07. The minimum absolute atomic E-state index is 0.377. The first-order valence-corrected chi connectivity index (χ1v) is 3.29. The van der Waals surface area contributed by atoms with Gasteiger partial charge in [-0.3, -0.25) is 0 Å². The van der Waals surface area contributed by atoms with Crippen molar-refractivity contribution in [3.63, 3.8) is 0 Å². The highest BCUT2D eigenvalue weighted by Crippen LogP contribution is 2.16. The summed E-state index contributed by atoms with van der Waals surface area (Å²) in [6.45, 7) is -1.47. The van der Waals surface area contributed by atoms with E-state index in [0.29, 0.717) is 0 Å². The molecule has 0 atom stereocenters. The summed E-state index contributed by atoms with van der Waals surface area (Å²) in [7, 11) is 0. The number of pyridine rings is 1. The van der Waals surface area contributed by atoms with E-state index >= 15 is 0 Å². The first kappa shape index (κ1) is 9.76. The second-order valence-electron chi connectivity index (χ2n) is 2.20. The first-order chi connectivity index (χ1) is 5.97. The molecule has 1 rings (SSSR count). The molecule has 0 saturated heterocycles. The van der Waals surface area contributed by atoms with Crippen LogP contribution < -0.4 is 4.74 Å². The van der Waals surface area contributed by atoms with Crippen molar-refractivity contribution in [3.8, 4) is 5.88 Å². The van der Waals surface area contributed by atoms with Gasteiger partial charge in [0.15, 0.2) is 6.61 Å². The summed E-state index contributed by atoms with van der Waals surface area (Å²) in [4.78, 5) is 3.09. The molecule has 0 bridgehead atoms. The van der Waals surface area contributed by atoms with E-state index in [1.54, 1.807) is 0 Å². The predicted molar refractivity (Wildman–Crippen MR) is 35.7 cm³/mol. The van der Waals surface area contributed by atoms with Crippen molar-refractivity contribution in [3.05, 3.63) is 24.1 Å². The monoisotopic (exact) mass is 195 g/mol. The fraction of sp³-hybridized carbons (Fsp3) is 0.286. The van der Waals surface area contributed by atoms with Gasteiger partial charge < -0.3 is 4.74 Å². The van der Waals surface area contributed by atoms with Crippen LogP contribution >= 0.6 is 0 Å². The normalized spacial score (nSPS) is 11.4. The number of alkyl halides is 3. The molecule has 0 aliphatic heterocycles. The number of ether oxygens (including phenoxy) is 1. The molecule has 0 unspecified atom stereocenters. The lowest BCUT2D eigenvalue weighted by molar-refractivity contribution is -0.154. The molecule has 2 nitrogen and oxygen atoms in total. The zero-order valence-electron chi connectivity index (χ0n) is 6.31. The largest absolute Gasteiger partial charge is 0.468 e. The lowest BCUT2D eigenvalue weighted by atomic mass is 10.5. The SMILES string of the molecule is Fc1cccc(OCC(F)(F)F)n1. The minimum Gasteiger partial charge on any atom is -0.468 e. The van der Waals surface area contributed by atoms with Crippen LogP contribution in [0.5, 0.6) is 5.88 Å². The van der Waals surface area contributed by atoms with Crippen LogP contribution in [0, 0.1) is 5.95 Å². The van der Waals surface area contributed by atoms with Gasteiger partial charge in [-0.2, -0.15) is 22.5 Å². The van der Waals surface area contributed by atoms with E-state index < -0.39 is 18.7 Å². The average Bonchev–Trinajstić information content (AvgIpc) is 2.00. The van der Waals surface area contributed by atoms with E-state index in [0.717, 1.165) is 12.1 Å². The maximum Gasteiger partial charge on any atom is 0.422 e. The summed E-state index contributed by atoms with van der Waals surface area (Å²) in [5, 5.41) is 0. The van der Waals surface area contributed by atoms with Gasteiger partial charge in [0.2, 0.25) is 11.8 Å². The van der Waals surface area contributed by atoms with Gasteiger partial charge in [-0.25, -0.2) is 0 Å². The maximum atomic E-state index is 12.3. The minimum atomic E-state index is -4.44. The van der Waals surface area contributed by atoms with E-state index in [1.807, 2.05) is 0 Å². The number of rotatable bonds is 2. The molecule has 1 aromatic rings. The highest BCUT2D eigenvalue weighted by molar-refractivity contribution is 5.10. The number of hydrogen-bond acceptors (Lipinski definition) is 2. The summed E-state index contributed by atoms with van der Waals surface area (Å²) in [5.74, 6) is -1.25. The molecule has 0 spiro atoms. The maximum absolute atomic E-state index is 12.3. The average molecular weight is 195 g/mol. The van der Waals surface area contributed by atoms with E-state index in [1.165, 1.54) is 6.07 Å². The molecule has 1 heterocycles.